The molecule has 0 spiro atoms. The molecule has 0 aliphatic carbocycles. The third kappa shape index (κ3) is 3.17. The summed E-state index contributed by atoms with van der Waals surface area (Å²) in [5.74, 6) is -2.51. The Bertz CT molecular complexity index is 252. The molecule has 88 valence electrons. The zero-order valence-corrected chi connectivity index (χ0v) is 9.11. The predicted octanol–water partition coefficient (Wildman–Crippen LogP) is -0.650. The molecule has 0 aromatic rings. The first-order chi connectivity index (χ1) is 6.69. The van der Waals surface area contributed by atoms with Gasteiger partial charge in [0.25, 0.3) is 0 Å². The number of esters is 1. The molecule has 0 amide bonds. The van der Waals surface area contributed by atoms with E-state index in [1.54, 1.807) is 20.8 Å². The van der Waals surface area contributed by atoms with Crippen LogP contribution in [0.3, 0.4) is 0 Å². The molecule has 6 heteroatoms. The summed E-state index contributed by atoms with van der Waals surface area (Å²) in [4.78, 5) is 22.4. The summed E-state index contributed by atoms with van der Waals surface area (Å²) in [6, 6.07) is 0. The van der Waals surface area contributed by atoms with Crippen LogP contribution in [0.4, 0.5) is 0 Å². The number of nitrogens with two attached hydrogens (primary N) is 1. The minimum atomic E-state index is -2.06. The van der Waals surface area contributed by atoms with Crippen molar-refractivity contribution in [2.75, 3.05) is 13.2 Å². The Kier molecular flexibility index (Phi) is 4.24. The molecule has 15 heavy (non-hydrogen) atoms. The standard InChI is InChI=1S/C9H17NO5/c1-8(2,3)15-7(14)9(4-10,5-11)6(12)13/h11H,4-5,10H2,1-3H3,(H,12,13)/t9-/m1/s1. The molecule has 0 heterocycles. The molecule has 0 radical (unpaired) electrons. The molecule has 0 aromatic carbocycles. The Morgan fingerprint density at radius 1 is 1.33 bits per heavy atom. The Morgan fingerprint density at radius 2 is 1.80 bits per heavy atom. The van der Waals surface area contributed by atoms with E-state index in [9.17, 15) is 9.59 Å². The zero-order chi connectivity index (χ0) is 12.3. The molecule has 0 unspecified atom stereocenters. The van der Waals surface area contributed by atoms with Crippen molar-refractivity contribution in [3.05, 3.63) is 0 Å². The number of ether oxygens (including phenoxy) is 1. The van der Waals surface area contributed by atoms with Crippen molar-refractivity contribution >= 4 is 11.9 Å². The van der Waals surface area contributed by atoms with Crippen molar-refractivity contribution in [1.29, 1.82) is 0 Å². The number of carbonyl (C=O) groups excluding carboxylic acids is 1. The van der Waals surface area contributed by atoms with E-state index >= 15 is 0 Å². The van der Waals surface area contributed by atoms with E-state index in [-0.39, 0.29) is 0 Å². The molecular weight excluding hydrogens is 202 g/mol. The topological polar surface area (TPSA) is 110 Å². The van der Waals surface area contributed by atoms with Crippen LogP contribution in [0.2, 0.25) is 0 Å². The quantitative estimate of drug-likeness (QED) is 0.428. The lowest BCUT2D eigenvalue weighted by atomic mass is 9.89. The van der Waals surface area contributed by atoms with Crippen molar-refractivity contribution in [1.82, 2.24) is 0 Å². The van der Waals surface area contributed by atoms with Crippen LogP contribution in [0.5, 0.6) is 0 Å². The second-order valence-electron chi connectivity index (χ2n) is 4.25. The van der Waals surface area contributed by atoms with Gasteiger partial charge in [0, 0.05) is 6.54 Å². The zero-order valence-electron chi connectivity index (χ0n) is 9.11. The second-order valence-corrected chi connectivity index (χ2v) is 4.25. The van der Waals surface area contributed by atoms with Gasteiger partial charge in [-0.1, -0.05) is 0 Å². The van der Waals surface area contributed by atoms with Gasteiger partial charge in [-0.2, -0.15) is 0 Å². The van der Waals surface area contributed by atoms with E-state index < -0.39 is 36.1 Å². The van der Waals surface area contributed by atoms with Crippen LogP contribution in [0.15, 0.2) is 0 Å². The SMILES string of the molecule is CC(C)(C)OC(=O)[C@](CN)(CO)C(=O)O. The minimum Gasteiger partial charge on any atom is -0.480 e. The third-order valence-electron chi connectivity index (χ3n) is 1.82. The summed E-state index contributed by atoms with van der Waals surface area (Å²) in [7, 11) is 0. The average molecular weight is 219 g/mol. The van der Waals surface area contributed by atoms with Gasteiger partial charge in [-0.15, -0.1) is 0 Å². The van der Waals surface area contributed by atoms with Crippen molar-refractivity contribution in [3.63, 3.8) is 0 Å². The lowest BCUT2D eigenvalue weighted by molar-refractivity contribution is -0.178. The van der Waals surface area contributed by atoms with Crippen LogP contribution >= 0.6 is 0 Å². The number of aliphatic hydroxyl groups is 1. The fourth-order valence-corrected chi connectivity index (χ4v) is 0.830. The monoisotopic (exact) mass is 219 g/mol. The molecular formula is C9H17NO5. The molecule has 6 nitrogen and oxygen atoms in total. The highest BCUT2D eigenvalue weighted by Crippen LogP contribution is 2.21. The van der Waals surface area contributed by atoms with Crippen LogP contribution < -0.4 is 5.73 Å². The summed E-state index contributed by atoms with van der Waals surface area (Å²) in [5.41, 5.74) is 2.32. The van der Waals surface area contributed by atoms with Gasteiger partial charge in [-0.05, 0) is 20.8 Å². The van der Waals surface area contributed by atoms with Gasteiger partial charge in [0.15, 0.2) is 5.41 Å². The van der Waals surface area contributed by atoms with Crippen LogP contribution in [0.1, 0.15) is 20.8 Å². The fraction of sp³-hybridized carbons (Fsp3) is 0.778. The van der Waals surface area contributed by atoms with Gasteiger partial charge in [-0.25, -0.2) is 0 Å². The van der Waals surface area contributed by atoms with Gasteiger partial charge >= 0.3 is 11.9 Å². The number of carboxylic acids is 1. The highest BCUT2D eigenvalue weighted by molar-refractivity contribution is 5.99. The number of aliphatic carboxylic acids is 1. The predicted molar refractivity (Wildman–Crippen MR) is 52.1 cm³/mol. The Labute approximate surface area is 88.0 Å². The third-order valence-corrected chi connectivity index (χ3v) is 1.82. The second kappa shape index (κ2) is 4.59. The highest BCUT2D eigenvalue weighted by Gasteiger charge is 2.47. The average Bonchev–Trinajstić information content (AvgIpc) is 2.03. The van der Waals surface area contributed by atoms with Crippen molar-refractivity contribution in [3.8, 4) is 0 Å². The van der Waals surface area contributed by atoms with E-state index in [1.807, 2.05) is 0 Å². The van der Waals surface area contributed by atoms with E-state index in [4.69, 9.17) is 20.7 Å². The van der Waals surface area contributed by atoms with Gasteiger partial charge in [0.05, 0.1) is 6.61 Å². The van der Waals surface area contributed by atoms with E-state index in [1.165, 1.54) is 0 Å². The summed E-state index contributed by atoms with van der Waals surface area (Å²) in [6.07, 6.45) is 0. The molecule has 0 aromatic heterocycles. The molecule has 0 aliphatic rings. The lowest BCUT2D eigenvalue weighted by Gasteiger charge is -2.28. The van der Waals surface area contributed by atoms with Crippen LogP contribution in [-0.2, 0) is 14.3 Å². The molecule has 0 fully saturated rings. The number of aliphatic hydroxyl groups excluding tert-OH is 1. The molecule has 1 atom stereocenters. The summed E-state index contributed by atoms with van der Waals surface area (Å²) in [6.45, 7) is 3.42. The smallest absolute Gasteiger partial charge is 0.327 e. The van der Waals surface area contributed by atoms with Gasteiger partial charge in [-0.3, -0.25) is 9.59 Å². The Hall–Kier alpha value is -1.14. The molecule has 0 rings (SSSR count). The minimum absolute atomic E-state index is 0.506. The first-order valence-electron chi connectivity index (χ1n) is 4.47. The summed E-state index contributed by atoms with van der Waals surface area (Å²) in [5, 5.41) is 17.8. The number of rotatable bonds is 4. The Morgan fingerprint density at radius 3 is 2.00 bits per heavy atom. The van der Waals surface area contributed by atoms with Crippen LogP contribution in [-0.4, -0.2) is 40.9 Å². The first kappa shape index (κ1) is 13.9. The molecule has 0 bridgehead atoms. The van der Waals surface area contributed by atoms with Crippen LogP contribution in [0, 0.1) is 5.41 Å². The van der Waals surface area contributed by atoms with Crippen molar-refractivity contribution in [2.24, 2.45) is 11.1 Å². The largest absolute Gasteiger partial charge is 0.480 e. The number of hydrogen-bond acceptors (Lipinski definition) is 5. The van der Waals surface area contributed by atoms with E-state index in [2.05, 4.69) is 0 Å². The fourth-order valence-electron chi connectivity index (χ4n) is 0.830. The van der Waals surface area contributed by atoms with E-state index in [0.29, 0.717) is 0 Å². The van der Waals surface area contributed by atoms with E-state index in [0.717, 1.165) is 0 Å². The van der Waals surface area contributed by atoms with Gasteiger partial charge in [0.2, 0.25) is 0 Å². The lowest BCUT2D eigenvalue weighted by Crippen LogP contribution is -2.51. The van der Waals surface area contributed by atoms with Crippen molar-refractivity contribution < 1.29 is 24.5 Å². The Balaban J connectivity index is 4.95. The van der Waals surface area contributed by atoms with Crippen LogP contribution in [0.25, 0.3) is 0 Å². The number of hydrogen-bond donors (Lipinski definition) is 3. The number of carboxylic acid groups (broad SMARTS) is 1. The summed E-state index contributed by atoms with van der Waals surface area (Å²) >= 11 is 0. The number of carbonyl (C=O) groups is 2. The molecule has 0 aliphatic heterocycles. The first-order valence-corrected chi connectivity index (χ1v) is 4.47. The molecule has 0 saturated carbocycles. The summed E-state index contributed by atoms with van der Waals surface area (Å²) < 4.78 is 4.89. The maximum absolute atomic E-state index is 11.5. The highest BCUT2D eigenvalue weighted by atomic mass is 16.6. The molecule has 0 saturated heterocycles. The maximum atomic E-state index is 11.5. The van der Waals surface area contributed by atoms with Gasteiger partial charge in [0.1, 0.15) is 5.60 Å². The maximum Gasteiger partial charge on any atom is 0.327 e. The normalized spacial score (nSPS) is 15.5. The van der Waals surface area contributed by atoms with Crippen molar-refractivity contribution in [2.45, 2.75) is 26.4 Å². The molecule has 4 N–H and O–H groups in total. The van der Waals surface area contributed by atoms with Gasteiger partial charge < -0.3 is 20.7 Å².